The van der Waals surface area contributed by atoms with Crippen molar-refractivity contribution in [1.82, 2.24) is 9.78 Å². The standard InChI is InChI=1S/C12H12N2O3/c1-3-17-12(16)11(15)8-4-5-10-9(6-8)7-13-14(10)2/h4-7H,3H2,1-2H3. The Morgan fingerprint density at radius 2 is 2.18 bits per heavy atom. The first-order valence-electron chi connectivity index (χ1n) is 5.26. The number of esters is 1. The number of hydrogen-bond acceptors (Lipinski definition) is 4. The number of carbonyl (C=O) groups excluding carboxylic acids is 2. The topological polar surface area (TPSA) is 61.2 Å². The van der Waals surface area contributed by atoms with Crippen molar-refractivity contribution in [1.29, 1.82) is 0 Å². The number of benzene rings is 1. The maximum atomic E-state index is 11.7. The zero-order valence-corrected chi connectivity index (χ0v) is 9.64. The summed E-state index contributed by atoms with van der Waals surface area (Å²) < 4.78 is 6.37. The SMILES string of the molecule is CCOC(=O)C(=O)c1ccc2c(cnn2C)c1. The summed E-state index contributed by atoms with van der Waals surface area (Å²) in [4.78, 5) is 23.0. The second-order valence-corrected chi connectivity index (χ2v) is 3.59. The Morgan fingerprint density at radius 3 is 2.88 bits per heavy atom. The van der Waals surface area contributed by atoms with Gasteiger partial charge in [-0.05, 0) is 25.1 Å². The minimum absolute atomic E-state index is 0.194. The minimum atomic E-state index is -0.823. The van der Waals surface area contributed by atoms with Crippen molar-refractivity contribution in [2.45, 2.75) is 6.92 Å². The molecular weight excluding hydrogens is 220 g/mol. The molecule has 88 valence electrons. The van der Waals surface area contributed by atoms with Gasteiger partial charge in [-0.1, -0.05) is 0 Å². The summed E-state index contributed by atoms with van der Waals surface area (Å²) in [6.07, 6.45) is 1.65. The van der Waals surface area contributed by atoms with Crippen molar-refractivity contribution in [2.75, 3.05) is 6.61 Å². The average molecular weight is 232 g/mol. The highest BCUT2D eigenvalue weighted by Crippen LogP contribution is 2.15. The summed E-state index contributed by atoms with van der Waals surface area (Å²) in [6.45, 7) is 1.86. The number of hydrogen-bond donors (Lipinski definition) is 0. The third kappa shape index (κ3) is 2.04. The van der Waals surface area contributed by atoms with Crippen molar-refractivity contribution in [3.8, 4) is 0 Å². The Bertz CT molecular complexity index is 586. The molecule has 0 bridgehead atoms. The fourth-order valence-electron chi connectivity index (χ4n) is 1.62. The van der Waals surface area contributed by atoms with Crippen LogP contribution < -0.4 is 0 Å². The summed E-state index contributed by atoms with van der Waals surface area (Å²) in [5, 5.41) is 4.89. The van der Waals surface area contributed by atoms with Crippen LogP contribution in [0.1, 0.15) is 17.3 Å². The van der Waals surface area contributed by atoms with Crippen LogP contribution >= 0.6 is 0 Å². The second-order valence-electron chi connectivity index (χ2n) is 3.59. The van der Waals surface area contributed by atoms with Gasteiger partial charge in [0.05, 0.1) is 18.3 Å². The van der Waals surface area contributed by atoms with Crippen LogP contribution in [0.25, 0.3) is 10.9 Å². The van der Waals surface area contributed by atoms with Gasteiger partial charge in [-0.2, -0.15) is 5.10 Å². The van der Waals surface area contributed by atoms with Gasteiger partial charge in [-0.15, -0.1) is 0 Å². The van der Waals surface area contributed by atoms with Crippen molar-refractivity contribution >= 4 is 22.7 Å². The van der Waals surface area contributed by atoms with Crippen molar-refractivity contribution in [2.24, 2.45) is 7.05 Å². The quantitative estimate of drug-likeness (QED) is 0.455. The zero-order chi connectivity index (χ0) is 12.4. The van der Waals surface area contributed by atoms with E-state index < -0.39 is 11.8 Å². The van der Waals surface area contributed by atoms with Gasteiger partial charge in [-0.3, -0.25) is 9.48 Å². The number of rotatable bonds is 3. The third-order valence-electron chi connectivity index (χ3n) is 2.47. The number of ether oxygens (including phenoxy) is 1. The van der Waals surface area contributed by atoms with Gasteiger partial charge in [-0.25, -0.2) is 4.79 Å². The molecule has 17 heavy (non-hydrogen) atoms. The van der Waals surface area contributed by atoms with Gasteiger partial charge in [0.15, 0.2) is 0 Å². The smallest absolute Gasteiger partial charge is 0.379 e. The second kappa shape index (κ2) is 4.37. The molecule has 0 unspecified atom stereocenters. The number of aromatic nitrogens is 2. The molecule has 2 rings (SSSR count). The van der Waals surface area contributed by atoms with E-state index in [4.69, 9.17) is 0 Å². The van der Waals surface area contributed by atoms with E-state index in [-0.39, 0.29) is 6.61 Å². The van der Waals surface area contributed by atoms with E-state index in [1.807, 2.05) is 7.05 Å². The van der Waals surface area contributed by atoms with Crippen LogP contribution in [0, 0.1) is 0 Å². The molecule has 0 saturated heterocycles. The zero-order valence-electron chi connectivity index (χ0n) is 9.64. The average Bonchev–Trinajstić information content (AvgIpc) is 2.70. The lowest BCUT2D eigenvalue weighted by Gasteiger charge is -2.01. The predicted octanol–water partition coefficient (Wildman–Crippen LogP) is 1.32. The van der Waals surface area contributed by atoms with E-state index in [9.17, 15) is 9.59 Å². The molecule has 0 aliphatic rings. The molecule has 0 radical (unpaired) electrons. The van der Waals surface area contributed by atoms with Crippen LogP contribution in [0.15, 0.2) is 24.4 Å². The van der Waals surface area contributed by atoms with Crippen LogP contribution in [-0.4, -0.2) is 28.1 Å². The molecule has 1 heterocycles. The van der Waals surface area contributed by atoms with E-state index in [1.54, 1.807) is 36.0 Å². The maximum Gasteiger partial charge on any atom is 0.379 e. The third-order valence-corrected chi connectivity index (χ3v) is 2.47. The molecule has 5 nitrogen and oxygen atoms in total. The molecule has 0 saturated carbocycles. The molecule has 0 N–H and O–H groups in total. The highest BCUT2D eigenvalue weighted by molar-refractivity contribution is 6.40. The summed E-state index contributed by atoms with van der Waals surface area (Å²) in [6, 6.07) is 5.00. The van der Waals surface area contributed by atoms with Crippen molar-refractivity contribution < 1.29 is 14.3 Å². The van der Waals surface area contributed by atoms with E-state index >= 15 is 0 Å². The number of nitrogens with zero attached hydrogens (tertiary/aromatic N) is 2. The van der Waals surface area contributed by atoms with Crippen LogP contribution in [0.2, 0.25) is 0 Å². The van der Waals surface area contributed by atoms with Gasteiger partial charge >= 0.3 is 5.97 Å². The monoisotopic (exact) mass is 232 g/mol. The number of Topliss-reactive ketones (excluding diaryl/α,β-unsaturated/α-hetero) is 1. The van der Waals surface area contributed by atoms with E-state index in [0.29, 0.717) is 5.56 Å². The van der Waals surface area contributed by atoms with Crippen LogP contribution in [0.5, 0.6) is 0 Å². The normalized spacial score (nSPS) is 10.5. The first-order valence-corrected chi connectivity index (χ1v) is 5.26. The van der Waals surface area contributed by atoms with Crippen LogP contribution in [-0.2, 0) is 16.6 Å². The first-order chi connectivity index (χ1) is 8.13. The molecule has 0 amide bonds. The molecular formula is C12H12N2O3. The predicted molar refractivity (Wildman–Crippen MR) is 61.7 cm³/mol. The molecule has 0 fully saturated rings. The van der Waals surface area contributed by atoms with Crippen LogP contribution in [0.4, 0.5) is 0 Å². The largest absolute Gasteiger partial charge is 0.460 e. The molecule has 0 aliphatic carbocycles. The Morgan fingerprint density at radius 1 is 1.41 bits per heavy atom. The van der Waals surface area contributed by atoms with E-state index in [0.717, 1.165) is 10.9 Å². The number of fused-ring (bicyclic) bond motifs is 1. The highest BCUT2D eigenvalue weighted by Gasteiger charge is 2.17. The molecule has 0 aliphatic heterocycles. The summed E-state index contributed by atoms with van der Waals surface area (Å²) in [7, 11) is 1.81. The van der Waals surface area contributed by atoms with Crippen molar-refractivity contribution in [3.63, 3.8) is 0 Å². The number of ketones is 1. The molecule has 0 atom stereocenters. The first kappa shape index (κ1) is 11.3. The molecule has 1 aromatic carbocycles. The Balaban J connectivity index is 2.36. The summed E-state index contributed by atoms with van der Waals surface area (Å²) >= 11 is 0. The summed E-state index contributed by atoms with van der Waals surface area (Å²) in [5.74, 6) is -1.45. The van der Waals surface area contributed by atoms with Gasteiger partial charge in [0.25, 0.3) is 5.78 Å². The highest BCUT2D eigenvalue weighted by atomic mass is 16.5. The minimum Gasteiger partial charge on any atom is -0.460 e. The lowest BCUT2D eigenvalue weighted by molar-refractivity contribution is -0.137. The molecule has 0 spiro atoms. The van der Waals surface area contributed by atoms with Gasteiger partial charge < -0.3 is 4.74 Å². The van der Waals surface area contributed by atoms with Gasteiger partial charge in [0.2, 0.25) is 0 Å². The van der Waals surface area contributed by atoms with Crippen LogP contribution in [0.3, 0.4) is 0 Å². The van der Waals surface area contributed by atoms with Gasteiger partial charge in [0, 0.05) is 18.0 Å². The fraction of sp³-hybridized carbons (Fsp3) is 0.250. The fourth-order valence-corrected chi connectivity index (χ4v) is 1.62. The number of aryl methyl sites for hydroxylation is 1. The maximum absolute atomic E-state index is 11.7. The Hall–Kier alpha value is -2.17. The molecule has 5 heteroatoms. The number of carbonyl (C=O) groups is 2. The molecule has 1 aromatic heterocycles. The van der Waals surface area contributed by atoms with Crippen molar-refractivity contribution in [3.05, 3.63) is 30.0 Å². The lowest BCUT2D eigenvalue weighted by Crippen LogP contribution is -2.17. The van der Waals surface area contributed by atoms with E-state index in [1.165, 1.54) is 0 Å². The Kier molecular flexibility index (Phi) is 2.91. The van der Waals surface area contributed by atoms with E-state index in [2.05, 4.69) is 9.84 Å². The molecule has 2 aromatic rings. The van der Waals surface area contributed by atoms with Gasteiger partial charge in [0.1, 0.15) is 0 Å². The lowest BCUT2D eigenvalue weighted by atomic mass is 10.1. The Labute approximate surface area is 98.0 Å². The summed E-state index contributed by atoms with van der Waals surface area (Å²) in [5.41, 5.74) is 1.23.